The molecule has 1 aromatic carbocycles. The van der Waals surface area contributed by atoms with Crippen LogP contribution in [0.3, 0.4) is 0 Å². The van der Waals surface area contributed by atoms with Crippen molar-refractivity contribution in [1.29, 1.82) is 0 Å². The smallest absolute Gasteiger partial charge is 0.325 e. The summed E-state index contributed by atoms with van der Waals surface area (Å²) < 4.78 is 12.2. The number of hydrogen-bond donors (Lipinski definition) is 3. The average Bonchev–Trinajstić information content (AvgIpc) is 3.08. The first-order valence-corrected chi connectivity index (χ1v) is 10.2. The highest BCUT2D eigenvalue weighted by atomic mass is 16.5. The number of hydrogen-bond acceptors (Lipinski definition) is 7. The summed E-state index contributed by atoms with van der Waals surface area (Å²) in [6, 6.07) is 4.35. The van der Waals surface area contributed by atoms with E-state index in [9.17, 15) is 19.8 Å². The minimum Gasteiger partial charge on any atom is -0.497 e. The molecule has 31 heavy (non-hydrogen) atoms. The number of carboxylic acids is 2. The van der Waals surface area contributed by atoms with E-state index in [0.29, 0.717) is 61.6 Å². The quantitative estimate of drug-likeness (QED) is 0.432. The molecule has 3 rings (SSSR count). The number of fused-ring (bicyclic) bond motifs is 1. The summed E-state index contributed by atoms with van der Waals surface area (Å²) in [6.45, 7) is 3.81. The van der Waals surface area contributed by atoms with Crippen molar-refractivity contribution in [3.05, 3.63) is 30.0 Å². The van der Waals surface area contributed by atoms with Gasteiger partial charge in [-0.3, -0.25) is 19.4 Å². The van der Waals surface area contributed by atoms with Crippen molar-refractivity contribution in [2.45, 2.75) is 12.6 Å². The molecule has 1 saturated heterocycles. The number of benzene rings is 1. The van der Waals surface area contributed by atoms with Crippen LogP contribution in [0.5, 0.6) is 5.75 Å². The Morgan fingerprint density at radius 1 is 1.13 bits per heavy atom. The number of carbonyl (C=O) groups is 2. The number of aliphatic hydroxyl groups excluding tert-OH is 1. The molecular weight excluding hydrogens is 406 g/mol. The summed E-state index contributed by atoms with van der Waals surface area (Å²) in [5, 5.41) is 28.8. The molecule has 0 aliphatic carbocycles. The maximum atomic E-state index is 12.3. The Bertz CT molecular complexity index is 906. The Kier molecular flexibility index (Phi) is 7.85. The first-order valence-electron chi connectivity index (χ1n) is 10.2. The van der Waals surface area contributed by atoms with E-state index >= 15 is 0 Å². The van der Waals surface area contributed by atoms with Crippen LogP contribution in [0.15, 0.2) is 24.4 Å². The molecule has 1 aromatic heterocycles. The van der Waals surface area contributed by atoms with Gasteiger partial charge in [-0.25, -0.2) is 0 Å². The summed E-state index contributed by atoms with van der Waals surface area (Å²) in [6.07, 6.45) is 1.63. The molecule has 1 aliphatic rings. The molecule has 1 atom stereocenters. The van der Waals surface area contributed by atoms with Crippen molar-refractivity contribution in [3.8, 4) is 5.75 Å². The van der Waals surface area contributed by atoms with E-state index in [1.807, 2.05) is 4.90 Å². The van der Waals surface area contributed by atoms with Gasteiger partial charge in [0.25, 0.3) is 0 Å². The van der Waals surface area contributed by atoms with Gasteiger partial charge < -0.3 is 29.4 Å². The molecule has 0 radical (unpaired) electrons. The molecule has 1 aliphatic heterocycles. The van der Waals surface area contributed by atoms with Crippen LogP contribution in [0.25, 0.3) is 10.9 Å². The monoisotopic (exact) mass is 435 g/mol. The third kappa shape index (κ3) is 5.53. The van der Waals surface area contributed by atoms with Gasteiger partial charge in [-0.2, -0.15) is 0 Å². The van der Waals surface area contributed by atoms with Crippen LogP contribution in [0.2, 0.25) is 0 Å². The summed E-state index contributed by atoms with van der Waals surface area (Å²) in [7, 11) is 1.53. The lowest BCUT2D eigenvalue weighted by molar-refractivity contribution is -0.144. The Morgan fingerprint density at radius 3 is 2.48 bits per heavy atom. The molecule has 0 saturated carbocycles. The van der Waals surface area contributed by atoms with Crippen LogP contribution in [0.1, 0.15) is 11.6 Å². The number of ether oxygens (including phenoxy) is 2. The lowest BCUT2D eigenvalue weighted by Crippen LogP contribution is -2.49. The summed E-state index contributed by atoms with van der Waals surface area (Å²) in [5.41, 5.74) is 1.21. The molecule has 2 aromatic rings. The highest BCUT2D eigenvalue weighted by Crippen LogP contribution is 2.33. The van der Waals surface area contributed by atoms with E-state index < -0.39 is 18.0 Å². The van der Waals surface area contributed by atoms with Gasteiger partial charge in [0.05, 0.1) is 26.9 Å². The zero-order chi connectivity index (χ0) is 22.4. The first kappa shape index (κ1) is 23.0. The Hall–Kier alpha value is -2.66. The summed E-state index contributed by atoms with van der Waals surface area (Å²) in [4.78, 5) is 27.7. The van der Waals surface area contributed by atoms with Gasteiger partial charge in [-0.1, -0.05) is 0 Å². The van der Waals surface area contributed by atoms with Crippen molar-refractivity contribution >= 4 is 22.8 Å². The standard InChI is InChI=1S/C21H29N3O7/c1-30-15-2-3-18-16(12-15)17(13-24(18)14-19(26)27)20(21(28)29)23-6-4-22(5-7-23)8-10-31-11-9-25/h2-3,12-13,20,25H,4-11,14H2,1H3,(H,26,27)(H,28,29). The van der Waals surface area contributed by atoms with E-state index in [1.54, 1.807) is 29.0 Å². The second-order valence-electron chi connectivity index (χ2n) is 7.44. The Morgan fingerprint density at radius 2 is 1.87 bits per heavy atom. The van der Waals surface area contributed by atoms with Crippen molar-refractivity contribution < 1.29 is 34.4 Å². The molecule has 1 fully saturated rings. The minimum absolute atomic E-state index is 0.00562. The largest absolute Gasteiger partial charge is 0.497 e. The molecule has 0 amide bonds. The zero-order valence-electron chi connectivity index (χ0n) is 17.6. The summed E-state index contributed by atoms with van der Waals surface area (Å²) >= 11 is 0. The normalized spacial score (nSPS) is 16.5. The van der Waals surface area contributed by atoms with E-state index in [2.05, 4.69) is 4.90 Å². The fourth-order valence-electron chi connectivity index (χ4n) is 4.02. The average molecular weight is 435 g/mol. The maximum Gasteiger partial charge on any atom is 0.325 e. The van der Waals surface area contributed by atoms with Gasteiger partial charge in [-0.15, -0.1) is 0 Å². The third-order valence-electron chi connectivity index (χ3n) is 5.51. The molecule has 0 spiro atoms. The van der Waals surface area contributed by atoms with Crippen LogP contribution in [-0.2, 0) is 20.9 Å². The van der Waals surface area contributed by atoms with Crippen LogP contribution >= 0.6 is 0 Å². The fraction of sp³-hybridized carbons (Fsp3) is 0.524. The number of carboxylic acid groups (broad SMARTS) is 2. The summed E-state index contributed by atoms with van der Waals surface area (Å²) in [5.74, 6) is -1.39. The van der Waals surface area contributed by atoms with E-state index in [1.165, 1.54) is 7.11 Å². The van der Waals surface area contributed by atoms with Gasteiger partial charge in [-0.05, 0) is 18.2 Å². The van der Waals surface area contributed by atoms with Crippen molar-refractivity contribution in [2.24, 2.45) is 0 Å². The van der Waals surface area contributed by atoms with Gasteiger partial charge in [0, 0.05) is 55.4 Å². The topological polar surface area (TPSA) is 125 Å². The molecule has 10 nitrogen and oxygen atoms in total. The van der Waals surface area contributed by atoms with E-state index in [4.69, 9.17) is 14.6 Å². The number of aliphatic hydroxyl groups is 1. The number of piperazine rings is 1. The predicted molar refractivity (Wildman–Crippen MR) is 112 cm³/mol. The van der Waals surface area contributed by atoms with Gasteiger partial charge >= 0.3 is 11.9 Å². The van der Waals surface area contributed by atoms with Gasteiger partial charge in [0.15, 0.2) is 0 Å². The van der Waals surface area contributed by atoms with Crippen LogP contribution in [0.4, 0.5) is 0 Å². The molecule has 2 heterocycles. The van der Waals surface area contributed by atoms with Crippen LogP contribution in [-0.4, -0.2) is 101 Å². The molecule has 3 N–H and O–H groups in total. The van der Waals surface area contributed by atoms with Gasteiger partial charge in [0.2, 0.25) is 0 Å². The fourth-order valence-corrected chi connectivity index (χ4v) is 4.02. The lowest BCUT2D eigenvalue weighted by Gasteiger charge is -2.37. The number of aliphatic carboxylic acids is 2. The molecule has 170 valence electrons. The second kappa shape index (κ2) is 10.6. The zero-order valence-corrected chi connectivity index (χ0v) is 17.6. The van der Waals surface area contributed by atoms with Crippen molar-refractivity contribution in [3.63, 3.8) is 0 Å². The van der Waals surface area contributed by atoms with Crippen molar-refractivity contribution in [1.82, 2.24) is 14.4 Å². The molecule has 1 unspecified atom stereocenters. The van der Waals surface area contributed by atoms with Gasteiger partial charge in [0.1, 0.15) is 18.3 Å². The molecule has 0 bridgehead atoms. The Balaban J connectivity index is 1.83. The van der Waals surface area contributed by atoms with Crippen LogP contribution in [0, 0.1) is 0 Å². The number of methoxy groups -OCH3 is 1. The maximum absolute atomic E-state index is 12.3. The highest BCUT2D eigenvalue weighted by Gasteiger charge is 2.33. The molecule has 10 heteroatoms. The van der Waals surface area contributed by atoms with E-state index in [-0.39, 0.29) is 13.2 Å². The highest BCUT2D eigenvalue weighted by molar-refractivity contribution is 5.91. The second-order valence-corrected chi connectivity index (χ2v) is 7.44. The number of aromatic nitrogens is 1. The lowest BCUT2D eigenvalue weighted by atomic mass is 10.0. The van der Waals surface area contributed by atoms with E-state index in [0.717, 1.165) is 6.54 Å². The van der Waals surface area contributed by atoms with Crippen LogP contribution < -0.4 is 4.74 Å². The number of nitrogens with zero attached hydrogens (tertiary/aromatic N) is 3. The number of rotatable bonds is 11. The third-order valence-corrected chi connectivity index (χ3v) is 5.51. The minimum atomic E-state index is -0.997. The van der Waals surface area contributed by atoms with Crippen molar-refractivity contribution in [2.75, 3.05) is 59.7 Å². The first-order chi connectivity index (χ1) is 14.9. The Labute approximate surface area is 180 Å². The predicted octanol–water partition coefficient (Wildman–Crippen LogP) is 0.487. The SMILES string of the molecule is COc1ccc2c(c1)c(C(C(=O)O)N1CCN(CCOCCO)CC1)cn2CC(=O)O. The molecular formula is C21H29N3O7.